The van der Waals surface area contributed by atoms with E-state index in [0.29, 0.717) is 5.92 Å². The van der Waals surface area contributed by atoms with Gasteiger partial charge < -0.3 is 0 Å². The van der Waals surface area contributed by atoms with Gasteiger partial charge in [-0.15, -0.1) is 0 Å². The van der Waals surface area contributed by atoms with Crippen LogP contribution in [-0.2, 0) is 0 Å². The number of unbranched alkanes of at least 4 members (excludes halogenated alkanes) is 4. The van der Waals surface area contributed by atoms with Gasteiger partial charge in [0.05, 0.1) is 0 Å². The van der Waals surface area contributed by atoms with Gasteiger partial charge in [0, 0.05) is 17.8 Å². The molecule has 1 heteroatoms. The van der Waals surface area contributed by atoms with Crippen molar-refractivity contribution in [3.05, 3.63) is 23.9 Å². The largest absolute Gasteiger partial charge is 0.268 e. The van der Waals surface area contributed by atoms with E-state index in [1.165, 1.54) is 44.1 Å². The van der Waals surface area contributed by atoms with Gasteiger partial charge in [-0.25, -0.2) is 0 Å². The smallest absolute Gasteiger partial charge is 0.0298 e. The van der Waals surface area contributed by atoms with E-state index in [1.807, 2.05) is 12.4 Å². The Morgan fingerprint density at radius 1 is 0.913 bits per heavy atom. The second kappa shape index (κ2) is 16.0. The monoisotopic (exact) mass is 321 g/mol. The Morgan fingerprint density at radius 2 is 1.43 bits per heavy atom. The predicted molar refractivity (Wildman–Crippen MR) is 109 cm³/mol. The summed E-state index contributed by atoms with van der Waals surface area (Å²) in [6.07, 6.45) is 17.8. The second-order valence-corrected chi connectivity index (χ2v) is 6.96. The lowest BCUT2D eigenvalue weighted by Crippen LogP contribution is -2.12. The van der Waals surface area contributed by atoms with Crippen molar-refractivity contribution in [2.75, 3.05) is 0 Å². The molecule has 1 nitrogen and oxygen atoms in total. The van der Waals surface area contributed by atoms with E-state index in [1.54, 1.807) is 0 Å². The molecule has 0 radical (unpaired) electrons. The highest BCUT2D eigenvalue weighted by molar-refractivity contribution is 5.69. The number of hydrogen-bond acceptors (Lipinski definition) is 1. The summed E-state index contributed by atoms with van der Waals surface area (Å²) in [4.78, 5) is 4.35. The molecule has 0 bridgehead atoms. The van der Waals surface area contributed by atoms with Gasteiger partial charge in [0.1, 0.15) is 0 Å². The Labute approximate surface area is 147 Å². The molecule has 1 aliphatic rings. The Bertz CT molecular complexity index is 330. The van der Waals surface area contributed by atoms with Crippen LogP contribution in [0.3, 0.4) is 0 Å². The van der Waals surface area contributed by atoms with Crippen LogP contribution in [0.15, 0.2) is 28.9 Å². The molecular formula is C22H43N. The van der Waals surface area contributed by atoms with Crippen molar-refractivity contribution in [3.63, 3.8) is 0 Å². The van der Waals surface area contributed by atoms with Gasteiger partial charge in [-0.3, -0.25) is 4.99 Å². The Balaban J connectivity index is 0. The van der Waals surface area contributed by atoms with Crippen molar-refractivity contribution in [1.29, 1.82) is 0 Å². The molecule has 1 aliphatic heterocycles. The standard InChI is InChI=1S/C12H19N.C6H14.C4H10/c1-5-12(4)7-6-11(10(2)3)8-13-9-12;1-3-5-6-4-2;1-3-4-2/h6-10H,5H2,1-4H3;3-6H2,1-2H3;3-4H2,1-2H3. The molecule has 0 aliphatic carbocycles. The number of nitrogens with zero attached hydrogens (tertiary/aromatic N) is 1. The third kappa shape index (κ3) is 14.5. The highest BCUT2D eigenvalue weighted by Crippen LogP contribution is 2.25. The van der Waals surface area contributed by atoms with Gasteiger partial charge >= 0.3 is 0 Å². The van der Waals surface area contributed by atoms with Crippen molar-refractivity contribution < 1.29 is 0 Å². The zero-order chi connectivity index (χ0) is 18.1. The van der Waals surface area contributed by atoms with Crippen LogP contribution in [0.1, 0.15) is 100 Å². The van der Waals surface area contributed by atoms with Crippen LogP contribution >= 0.6 is 0 Å². The molecule has 136 valence electrons. The molecule has 0 fully saturated rings. The number of hydrogen-bond donors (Lipinski definition) is 0. The number of aliphatic imine (C=N–C) groups is 1. The Kier molecular flexibility index (Phi) is 17.0. The van der Waals surface area contributed by atoms with Crippen molar-refractivity contribution in [1.82, 2.24) is 0 Å². The summed E-state index contributed by atoms with van der Waals surface area (Å²) in [6.45, 7) is 17.6. The Morgan fingerprint density at radius 3 is 1.78 bits per heavy atom. The average Bonchev–Trinajstić information content (AvgIpc) is 2.76. The highest BCUT2D eigenvalue weighted by atomic mass is 14.7. The summed E-state index contributed by atoms with van der Waals surface area (Å²) in [5.74, 6) is 0.563. The first-order valence-corrected chi connectivity index (χ1v) is 9.84. The summed E-state index contributed by atoms with van der Waals surface area (Å²) in [6, 6.07) is 0. The number of allylic oxidation sites excluding steroid dienone is 3. The van der Waals surface area contributed by atoms with Crippen LogP contribution in [0.2, 0.25) is 0 Å². The molecule has 1 heterocycles. The van der Waals surface area contributed by atoms with Gasteiger partial charge in [0.2, 0.25) is 0 Å². The summed E-state index contributed by atoms with van der Waals surface area (Å²) >= 11 is 0. The van der Waals surface area contributed by atoms with Crippen LogP contribution in [-0.4, -0.2) is 6.21 Å². The highest BCUT2D eigenvalue weighted by Gasteiger charge is 2.16. The van der Waals surface area contributed by atoms with E-state index < -0.39 is 0 Å². The minimum atomic E-state index is 0.146. The van der Waals surface area contributed by atoms with Crippen LogP contribution in [0.4, 0.5) is 0 Å². The maximum atomic E-state index is 4.35. The third-order valence-electron chi connectivity index (χ3n) is 4.14. The fourth-order valence-electron chi connectivity index (χ4n) is 1.72. The van der Waals surface area contributed by atoms with Crippen molar-refractivity contribution in [2.24, 2.45) is 16.3 Å². The first-order valence-electron chi connectivity index (χ1n) is 9.84. The normalized spacial score (nSPS) is 19.3. The molecule has 1 atom stereocenters. The lowest BCUT2D eigenvalue weighted by Gasteiger charge is -2.16. The van der Waals surface area contributed by atoms with Gasteiger partial charge in [0.15, 0.2) is 0 Å². The molecule has 1 unspecified atom stereocenters. The van der Waals surface area contributed by atoms with Gasteiger partial charge in [-0.2, -0.15) is 0 Å². The van der Waals surface area contributed by atoms with Crippen LogP contribution in [0, 0.1) is 11.3 Å². The molecular weight excluding hydrogens is 278 g/mol. The molecule has 0 aromatic heterocycles. The first-order chi connectivity index (χ1) is 10.9. The zero-order valence-corrected chi connectivity index (χ0v) is 17.3. The third-order valence-corrected chi connectivity index (χ3v) is 4.14. The van der Waals surface area contributed by atoms with E-state index >= 15 is 0 Å². The maximum absolute atomic E-state index is 4.35. The zero-order valence-electron chi connectivity index (χ0n) is 17.3. The molecule has 23 heavy (non-hydrogen) atoms. The van der Waals surface area contributed by atoms with E-state index in [2.05, 4.69) is 72.5 Å². The van der Waals surface area contributed by atoms with Crippen molar-refractivity contribution in [2.45, 2.75) is 100 Å². The minimum absolute atomic E-state index is 0.146. The molecule has 0 saturated carbocycles. The maximum Gasteiger partial charge on any atom is 0.0298 e. The van der Waals surface area contributed by atoms with Crippen molar-refractivity contribution >= 4 is 6.21 Å². The van der Waals surface area contributed by atoms with Crippen LogP contribution in [0.5, 0.6) is 0 Å². The molecule has 0 aromatic rings. The molecule has 0 saturated heterocycles. The van der Waals surface area contributed by atoms with Crippen LogP contribution < -0.4 is 0 Å². The van der Waals surface area contributed by atoms with E-state index in [-0.39, 0.29) is 5.41 Å². The Hall–Kier alpha value is -0.850. The summed E-state index contributed by atoms with van der Waals surface area (Å²) in [5.41, 5.74) is 1.46. The number of rotatable bonds is 6. The molecule has 1 rings (SSSR count). The van der Waals surface area contributed by atoms with E-state index in [4.69, 9.17) is 0 Å². The van der Waals surface area contributed by atoms with Gasteiger partial charge in [-0.1, -0.05) is 106 Å². The summed E-state index contributed by atoms with van der Waals surface area (Å²) in [5, 5.41) is 0. The quantitative estimate of drug-likeness (QED) is 0.440. The van der Waals surface area contributed by atoms with Gasteiger partial charge in [-0.05, 0) is 17.9 Å². The topological polar surface area (TPSA) is 12.4 Å². The van der Waals surface area contributed by atoms with E-state index in [9.17, 15) is 0 Å². The SMILES string of the molecule is CCC1(C)C=CC(C(C)C)=CN=C1.CCCC.CCCCCC. The fraction of sp³-hybridized carbons (Fsp3) is 0.773. The molecule has 0 aromatic carbocycles. The summed E-state index contributed by atoms with van der Waals surface area (Å²) in [7, 11) is 0. The molecule has 0 spiro atoms. The first kappa shape index (κ1) is 24.4. The lowest BCUT2D eigenvalue weighted by molar-refractivity contribution is 0.586. The molecule has 0 N–H and O–H groups in total. The lowest BCUT2D eigenvalue weighted by atomic mass is 9.88. The van der Waals surface area contributed by atoms with E-state index in [0.717, 1.165) is 6.42 Å². The average molecular weight is 322 g/mol. The van der Waals surface area contributed by atoms with Gasteiger partial charge in [0.25, 0.3) is 0 Å². The fourth-order valence-corrected chi connectivity index (χ4v) is 1.72. The predicted octanol–water partition coefficient (Wildman–Crippen LogP) is 7.98. The second-order valence-electron chi connectivity index (χ2n) is 6.96. The van der Waals surface area contributed by atoms with Crippen molar-refractivity contribution in [3.8, 4) is 0 Å². The van der Waals surface area contributed by atoms with Crippen LogP contribution in [0.25, 0.3) is 0 Å². The minimum Gasteiger partial charge on any atom is -0.268 e. The molecule has 0 amide bonds. The summed E-state index contributed by atoms with van der Waals surface area (Å²) < 4.78 is 0.